The van der Waals surface area contributed by atoms with Gasteiger partial charge in [-0.1, -0.05) is 54.1 Å². The van der Waals surface area contributed by atoms with Gasteiger partial charge in [-0.25, -0.2) is 0 Å². The van der Waals surface area contributed by atoms with E-state index in [2.05, 4.69) is 10.6 Å². The molecule has 1 heterocycles. The summed E-state index contributed by atoms with van der Waals surface area (Å²) in [5.74, 6) is -0.221. The summed E-state index contributed by atoms with van der Waals surface area (Å²) in [6, 6.07) is 17.3. The number of likely N-dealkylation sites (tertiary alicyclic amines) is 1. The maximum absolute atomic E-state index is 12.2. The largest absolute Gasteiger partial charge is 0.346 e. The van der Waals surface area contributed by atoms with Gasteiger partial charge in [-0.15, -0.1) is 0 Å². The maximum atomic E-state index is 12.2. The van der Waals surface area contributed by atoms with Gasteiger partial charge in [-0.05, 0) is 36.1 Å². The van der Waals surface area contributed by atoms with Crippen molar-refractivity contribution in [2.45, 2.75) is 18.9 Å². The van der Waals surface area contributed by atoms with Crippen molar-refractivity contribution in [3.8, 4) is 0 Å². The van der Waals surface area contributed by atoms with Crippen molar-refractivity contribution in [1.82, 2.24) is 15.5 Å². The molecule has 3 rings (SSSR count). The normalized spacial score (nSPS) is 14.8. The Morgan fingerprint density at radius 2 is 1.67 bits per heavy atom. The second-order valence-corrected chi connectivity index (χ2v) is 7.08. The van der Waals surface area contributed by atoms with Crippen molar-refractivity contribution >= 4 is 23.4 Å². The number of halogens is 1. The van der Waals surface area contributed by atoms with Crippen LogP contribution in [-0.4, -0.2) is 42.9 Å². The molecule has 2 N–H and O–H groups in total. The molecule has 0 saturated carbocycles. The van der Waals surface area contributed by atoms with Gasteiger partial charge < -0.3 is 10.2 Å². The molecule has 6 heteroatoms. The minimum absolute atomic E-state index is 0.0182. The van der Waals surface area contributed by atoms with Gasteiger partial charge in [0.2, 0.25) is 11.8 Å². The van der Waals surface area contributed by atoms with E-state index in [0.29, 0.717) is 5.02 Å². The van der Waals surface area contributed by atoms with Crippen molar-refractivity contribution in [3.05, 3.63) is 70.7 Å². The van der Waals surface area contributed by atoms with E-state index < -0.39 is 0 Å². The van der Waals surface area contributed by atoms with Crippen LogP contribution in [0.25, 0.3) is 0 Å². The summed E-state index contributed by atoms with van der Waals surface area (Å²) in [5, 5.41) is 6.64. The van der Waals surface area contributed by atoms with Crippen molar-refractivity contribution in [1.29, 1.82) is 0 Å². The summed E-state index contributed by atoms with van der Waals surface area (Å²) < 4.78 is 0. The second-order valence-electron chi connectivity index (χ2n) is 6.64. The van der Waals surface area contributed by atoms with Gasteiger partial charge in [0.05, 0.1) is 19.1 Å². The van der Waals surface area contributed by atoms with Crippen molar-refractivity contribution < 1.29 is 9.59 Å². The number of rotatable bonds is 7. The molecule has 0 bridgehead atoms. The molecular weight excluding hydrogens is 362 g/mol. The fraction of sp³-hybridized carbons (Fsp3) is 0.333. The molecule has 0 aromatic heterocycles. The standard InChI is InChI=1S/C21H24ClN3O2/c22-18-10-6-9-17(13-18)21(16-7-2-1-3-8-16)24-14-19(26)23-15-20(27)25-11-4-5-12-25/h1-3,6-10,13,21,24H,4-5,11-12,14-15H2,(H,23,26). The molecular formula is C21H24ClN3O2. The smallest absolute Gasteiger partial charge is 0.241 e. The summed E-state index contributed by atoms with van der Waals surface area (Å²) in [5.41, 5.74) is 2.02. The van der Waals surface area contributed by atoms with Crippen molar-refractivity contribution in [3.63, 3.8) is 0 Å². The Labute approximate surface area is 164 Å². The zero-order valence-electron chi connectivity index (χ0n) is 15.2. The molecule has 1 aliphatic rings. The maximum Gasteiger partial charge on any atom is 0.241 e. The van der Waals surface area contributed by atoms with E-state index in [-0.39, 0.29) is 30.9 Å². The molecule has 142 valence electrons. The van der Waals surface area contributed by atoms with Crippen LogP contribution in [0.3, 0.4) is 0 Å². The molecule has 0 aliphatic carbocycles. The highest BCUT2D eigenvalue weighted by atomic mass is 35.5. The fourth-order valence-corrected chi connectivity index (χ4v) is 3.47. The van der Waals surface area contributed by atoms with Crippen molar-refractivity contribution in [2.75, 3.05) is 26.2 Å². The summed E-state index contributed by atoms with van der Waals surface area (Å²) >= 11 is 6.14. The predicted molar refractivity (Wildman–Crippen MR) is 107 cm³/mol. The zero-order valence-corrected chi connectivity index (χ0v) is 15.9. The molecule has 5 nitrogen and oxygen atoms in total. The first-order valence-electron chi connectivity index (χ1n) is 9.22. The number of carbonyl (C=O) groups excluding carboxylic acids is 2. The Morgan fingerprint density at radius 3 is 2.37 bits per heavy atom. The van der Waals surface area contributed by atoms with Gasteiger partial charge in [0.1, 0.15) is 0 Å². The molecule has 0 spiro atoms. The van der Waals surface area contributed by atoms with E-state index in [1.54, 1.807) is 4.90 Å². The van der Waals surface area contributed by atoms with Gasteiger partial charge >= 0.3 is 0 Å². The molecule has 2 aromatic rings. The Kier molecular flexibility index (Phi) is 6.85. The van der Waals surface area contributed by atoms with E-state index in [4.69, 9.17) is 11.6 Å². The zero-order chi connectivity index (χ0) is 19.1. The van der Waals surface area contributed by atoms with E-state index in [1.165, 1.54) is 0 Å². The molecule has 0 radical (unpaired) electrons. The minimum atomic E-state index is -0.203. The summed E-state index contributed by atoms with van der Waals surface area (Å²) in [4.78, 5) is 26.1. The van der Waals surface area contributed by atoms with Crippen LogP contribution in [0.4, 0.5) is 0 Å². The van der Waals surface area contributed by atoms with Gasteiger partial charge in [0, 0.05) is 18.1 Å². The Hall–Kier alpha value is -2.37. The first kappa shape index (κ1) is 19.4. The third-order valence-electron chi connectivity index (χ3n) is 4.68. The molecule has 27 heavy (non-hydrogen) atoms. The summed E-state index contributed by atoms with van der Waals surface area (Å²) in [6.07, 6.45) is 2.08. The first-order valence-corrected chi connectivity index (χ1v) is 9.59. The molecule has 2 aromatic carbocycles. The van der Waals surface area contributed by atoms with Gasteiger partial charge in [-0.3, -0.25) is 14.9 Å². The average molecular weight is 386 g/mol. The van der Waals surface area contributed by atoms with Gasteiger partial charge in [0.15, 0.2) is 0 Å². The lowest BCUT2D eigenvalue weighted by Crippen LogP contribution is -2.42. The summed E-state index contributed by atoms with van der Waals surface area (Å²) in [6.45, 7) is 1.74. The molecule has 1 atom stereocenters. The van der Waals surface area contributed by atoms with E-state index in [1.807, 2.05) is 54.6 Å². The van der Waals surface area contributed by atoms with E-state index in [0.717, 1.165) is 37.1 Å². The molecule has 1 fully saturated rings. The number of benzene rings is 2. The highest BCUT2D eigenvalue weighted by molar-refractivity contribution is 6.30. The van der Waals surface area contributed by atoms with Crippen LogP contribution in [0.1, 0.15) is 30.0 Å². The summed E-state index contributed by atoms with van der Waals surface area (Å²) in [7, 11) is 0. The quantitative estimate of drug-likeness (QED) is 0.770. The Bertz CT molecular complexity index is 776. The lowest BCUT2D eigenvalue weighted by atomic mass is 9.99. The van der Waals surface area contributed by atoms with E-state index >= 15 is 0 Å². The number of hydrogen-bond donors (Lipinski definition) is 2. The molecule has 1 unspecified atom stereocenters. The van der Waals surface area contributed by atoms with Crippen LogP contribution in [-0.2, 0) is 9.59 Å². The van der Waals surface area contributed by atoms with Crippen molar-refractivity contribution in [2.24, 2.45) is 0 Å². The monoisotopic (exact) mass is 385 g/mol. The van der Waals surface area contributed by atoms with Crippen LogP contribution in [0.15, 0.2) is 54.6 Å². The van der Waals surface area contributed by atoms with Crippen LogP contribution in [0.5, 0.6) is 0 Å². The lowest BCUT2D eigenvalue weighted by Gasteiger charge is -2.20. The van der Waals surface area contributed by atoms with Crippen LogP contribution in [0.2, 0.25) is 5.02 Å². The Morgan fingerprint density at radius 1 is 0.963 bits per heavy atom. The molecule has 2 amide bonds. The third kappa shape index (κ3) is 5.55. The minimum Gasteiger partial charge on any atom is -0.346 e. The van der Waals surface area contributed by atoms with Crippen LogP contribution >= 0.6 is 11.6 Å². The van der Waals surface area contributed by atoms with Gasteiger partial charge in [-0.2, -0.15) is 0 Å². The highest BCUT2D eigenvalue weighted by Gasteiger charge is 2.19. The molecule has 1 saturated heterocycles. The second kappa shape index (κ2) is 9.53. The lowest BCUT2D eigenvalue weighted by molar-refractivity contribution is -0.131. The Balaban J connectivity index is 1.59. The first-order chi connectivity index (χ1) is 13.1. The highest BCUT2D eigenvalue weighted by Crippen LogP contribution is 2.24. The number of nitrogens with zero attached hydrogens (tertiary/aromatic N) is 1. The van der Waals surface area contributed by atoms with Gasteiger partial charge in [0.25, 0.3) is 0 Å². The third-order valence-corrected chi connectivity index (χ3v) is 4.91. The topological polar surface area (TPSA) is 61.4 Å². The number of nitrogens with one attached hydrogen (secondary N) is 2. The number of amides is 2. The predicted octanol–water partition coefficient (Wildman–Crippen LogP) is 2.76. The van der Waals surface area contributed by atoms with Crippen LogP contribution in [0, 0.1) is 0 Å². The molecule has 1 aliphatic heterocycles. The fourth-order valence-electron chi connectivity index (χ4n) is 3.27. The average Bonchev–Trinajstić information content (AvgIpc) is 3.22. The number of carbonyl (C=O) groups is 2. The van der Waals surface area contributed by atoms with Crippen LogP contribution < -0.4 is 10.6 Å². The number of hydrogen-bond acceptors (Lipinski definition) is 3. The van der Waals surface area contributed by atoms with E-state index in [9.17, 15) is 9.59 Å². The SMILES string of the molecule is O=C(CNC(c1ccccc1)c1cccc(Cl)c1)NCC(=O)N1CCCC1.